The molecule has 158 valence electrons. The quantitative estimate of drug-likeness (QED) is 0.223. The molecule has 3 N–H and O–H groups in total. The van der Waals surface area contributed by atoms with E-state index >= 15 is 0 Å². The molecule has 0 saturated carbocycles. The van der Waals surface area contributed by atoms with Crippen molar-refractivity contribution in [3.8, 4) is 5.75 Å². The molecule has 0 aliphatic rings. The van der Waals surface area contributed by atoms with E-state index in [2.05, 4.69) is 40.1 Å². The molecule has 0 fully saturated rings. The van der Waals surface area contributed by atoms with Crippen molar-refractivity contribution in [2.45, 2.75) is 26.4 Å². The fourth-order valence-corrected chi connectivity index (χ4v) is 3.43. The van der Waals surface area contributed by atoms with Crippen molar-refractivity contribution in [2.24, 2.45) is 10.9 Å². The minimum absolute atomic E-state index is 0.000588. The topological polar surface area (TPSA) is 109 Å². The summed E-state index contributed by atoms with van der Waals surface area (Å²) in [6.45, 7) is 5.90. The third-order valence-corrected chi connectivity index (χ3v) is 4.93. The maximum absolute atomic E-state index is 10.7. The van der Waals surface area contributed by atoms with Crippen molar-refractivity contribution in [3.63, 3.8) is 0 Å². The highest BCUT2D eigenvalue weighted by atomic mass is 32.1. The second-order valence-corrected chi connectivity index (χ2v) is 7.74. The minimum atomic E-state index is -0.752. The van der Waals surface area contributed by atoms with Gasteiger partial charge in [-0.05, 0) is 42.8 Å². The number of nitrogens with one attached hydrogen (secondary N) is 2. The molecule has 1 heterocycles. The van der Waals surface area contributed by atoms with Crippen molar-refractivity contribution >= 4 is 23.0 Å². The van der Waals surface area contributed by atoms with Gasteiger partial charge in [-0.1, -0.05) is 13.0 Å². The van der Waals surface area contributed by atoms with Crippen LogP contribution in [0.1, 0.15) is 18.7 Å². The number of guanidine groups is 1. The third-order valence-electron chi connectivity index (χ3n) is 4.03. The van der Waals surface area contributed by atoms with E-state index in [4.69, 9.17) is 4.74 Å². The number of nitro benzene ring substituents is 1. The number of rotatable bonds is 11. The molecular formula is C20H28N4O4S. The number of nitro groups is 1. The highest BCUT2D eigenvalue weighted by Crippen LogP contribution is 2.17. The lowest BCUT2D eigenvalue weighted by atomic mass is 10.1. The summed E-state index contributed by atoms with van der Waals surface area (Å²) >= 11 is 1.76. The average Bonchev–Trinajstić information content (AvgIpc) is 3.21. The number of aliphatic hydroxyl groups excluding tert-OH is 1. The Hall–Kier alpha value is -2.65. The van der Waals surface area contributed by atoms with Gasteiger partial charge in [-0.25, -0.2) is 0 Å². The summed E-state index contributed by atoms with van der Waals surface area (Å²) in [5, 5.41) is 29.2. The normalized spacial score (nSPS) is 13.6. The van der Waals surface area contributed by atoms with Crippen LogP contribution in [-0.4, -0.2) is 48.3 Å². The van der Waals surface area contributed by atoms with Gasteiger partial charge in [0.15, 0.2) is 5.96 Å². The minimum Gasteiger partial charge on any atom is -0.491 e. The van der Waals surface area contributed by atoms with Crippen molar-refractivity contribution in [2.75, 3.05) is 26.2 Å². The number of aliphatic imine (C=N–C) groups is 1. The molecule has 0 aliphatic carbocycles. The third kappa shape index (κ3) is 8.49. The van der Waals surface area contributed by atoms with E-state index in [1.807, 2.05) is 6.92 Å². The molecular weight excluding hydrogens is 392 g/mol. The number of hydrogen-bond donors (Lipinski definition) is 3. The molecule has 0 amide bonds. The fourth-order valence-electron chi connectivity index (χ4n) is 2.56. The molecule has 9 heteroatoms. The zero-order valence-corrected chi connectivity index (χ0v) is 17.5. The van der Waals surface area contributed by atoms with Crippen molar-refractivity contribution < 1.29 is 14.8 Å². The Labute approximate surface area is 174 Å². The number of hydrogen-bond acceptors (Lipinski definition) is 6. The van der Waals surface area contributed by atoms with Crippen LogP contribution in [0.2, 0.25) is 0 Å². The lowest BCUT2D eigenvalue weighted by Gasteiger charge is -2.16. The lowest BCUT2D eigenvalue weighted by Crippen LogP contribution is -2.42. The summed E-state index contributed by atoms with van der Waals surface area (Å²) in [5.74, 6) is 1.54. The van der Waals surface area contributed by atoms with Gasteiger partial charge in [-0.2, -0.15) is 0 Å². The first kappa shape index (κ1) is 22.6. The van der Waals surface area contributed by atoms with Gasteiger partial charge in [0.2, 0.25) is 0 Å². The molecule has 0 aliphatic heterocycles. The molecule has 1 aromatic heterocycles. The monoisotopic (exact) mass is 420 g/mol. The van der Waals surface area contributed by atoms with E-state index in [9.17, 15) is 15.2 Å². The zero-order valence-electron chi connectivity index (χ0n) is 16.7. The van der Waals surface area contributed by atoms with Gasteiger partial charge in [0.05, 0.1) is 4.92 Å². The second-order valence-electron chi connectivity index (χ2n) is 6.71. The summed E-state index contributed by atoms with van der Waals surface area (Å²) in [6.07, 6.45) is 0.240. The number of non-ortho nitro benzene ring substituents is 1. The second kappa shape index (κ2) is 12.0. The van der Waals surface area contributed by atoms with Crippen molar-refractivity contribution in [3.05, 3.63) is 56.8 Å². The first-order chi connectivity index (χ1) is 14.0. The lowest BCUT2D eigenvalue weighted by molar-refractivity contribution is -0.384. The van der Waals surface area contributed by atoms with Crippen LogP contribution in [0.4, 0.5) is 5.69 Å². The Bertz CT molecular complexity index is 765. The van der Waals surface area contributed by atoms with E-state index in [-0.39, 0.29) is 18.8 Å². The van der Waals surface area contributed by atoms with Crippen molar-refractivity contribution in [1.82, 2.24) is 10.6 Å². The van der Waals surface area contributed by atoms with Gasteiger partial charge in [0, 0.05) is 36.6 Å². The molecule has 2 rings (SSSR count). The average molecular weight is 421 g/mol. The summed E-state index contributed by atoms with van der Waals surface area (Å²) in [6, 6.07) is 9.95. The first-order valence-corrected chi connectivity index (χ1v) is 10.5. The van der Waals surface area contributed by atoms with Gasteiger partial charge in [0.1, 0.15) is 18.5 Å². The molecule has 29 heavy (non-hydrogen) atoms. The molecule has 0 bridgehead atoms. The van der Waals surface area contributed by atoms with Gasteiger partial charge in [0.25, 0.3) is 5.69 Å². The fraction of sp³-hybridized carbons (Fsp3) is 0.450. The molecule has 8 nitrogen and oxygen atoms in total. The highest BCUT2D eigenvalue weighted by molar-refractivity contribution is 7.09. The van der Waals surface area contributed by atoms with E-state index < -0.39 is 11.0 Å². The van der Waals surface area contributed by atoms with Crippen LogP contribution in [0.25, 0.3) is 0 Å². The van der Waals surface area contributed by atoms with Crippen LogP contribution >= 0.6 is 11.3 Å². The largest absolute Gasteiger partial charge is 0.491 e. The number of nitrogens with zero attached hydrogens (tertiary/aromatic N) is 2. The standard InChI is InChI=1S/C20H28N4O4S/c1-3-21-20(22-12-15(2)11-19-5-4-10-29-19)23-13-17(25)14-28-18-8-6-16(7-9-18)24(26)27/h4-10,15,17,25H,3,11-14H2,1-2H3,(H2,21,22,23). The molecule has 2 unspecified atom stereocenters. The summed E-state index contributed by atoms with van der Waals surface area (Å²) < 4.78 is 5.48. The first-order valence-electron chi connectivity index (χ1n) is 9.57. The van der Waals surface area contributed by atoms with Gasteiger partial charge in [-0.3, -0.25) is 15.1 Å². The number of ether oxygens (including phenoxy) is 1. The Morgan fingerprint density at radius 1 is 1.31 bits per heavy atom. The molecule has 2 atom stereocenters. The van der Waals surface area contributed by atoms with Crippen LogP contribution in [0.15, 0.2) is 46.8 Å². The molecule has 0 radical (unpaired) electrons. The Balaban J connectivity index is 1.75. The summed E-state index contributed by atoms with van der Waals surface area (Å²) in [4.78, 5) is 16.1. The Morgan fingerprint density at radius 3 is 2.69 bits per heavy atom. The predicted octanol–water partition coefficient (Wildman–Crippen LogP) is 2.83. The number of benzene rings is 1. The van der Waals surface area contributed by atoms with Crippen LogP contribution in [0.3, 0.4) is 0 Å². The van der Waals surface area contributed by atoms with Crippen LogP contribution < -0.4 is 15.4 Å². The van der Waals surface area contributed by atoms with Crippen molar-refractivity contribution in [1.29, 1.82) is 0 Å². The predicted molar refractivity (Wildman–Crippen MR) is 116 cm³/mol. The van der Waals surface area contributed by atoms with E-state index in [1.165, 1.54) is 29.1 Å². The maximum Gasteiger partial charge on any atom is 0.269 e. The zero-order chi connectivity index (χ0) is 21.1. The van der Waals surface area contributed by atoms with Gasteiger partial charge in [-0.15, -0.1) is 11.3 Å². The Kier molecular flexibility index (Phi) is 9.39. The van der Waals surface area contributed by atoms with Gasteiger partial charge < -0.3 is 20.5 Å². The summed E-state index contributed by atoms with van der Waals surface area (Å²) in [7, 11) is 0. The molecule has 1 aromatic carbocycles. The van der Waals surface area contributed by atoms with Crippen LogP contribution in [0, 0.1) is 16.0 Å². The smallest absolute Gasteiger partial charge is 0.269 e. The molecule has 2 aromatic rings. The Morgan fingerprint density at radius 2 is 2.07 bits per heavy atom. The molecule has 0 spiro atoms. The SMILES string of the molecule is CCNC(=NCC(C)Cc1cccs1)NCC(O)COc1ccc([N+](=O)[O-])cc1. The van der Waals surface area contributed by atoms with E-state index in [1.54, 1.807) is 11.3 Å². The number of aliphatic hydroxyl groups is 1. The number of thiophene rings is 1. The summed E-state index contributed by atoms with van der Waals surface area (Å²) in [5.41, 5.74) is -0.000588. The van der Waals surface area contributed by atoms with E-state index in [0.717, 1.165) is 13.0 Å². The van der Waals surface area contributed by atoms with Crippen LogP contribution in [-0.2, 0) is 6.42 Å². The van der Waals surface area contributed by atoms with Crippen LogP contribution in [0.5, 0.6) is 5.75 Å². The highest BCUT2D eigenvalue weighted by Gasteiger charge is 2.10. The van der Waals surface area contributed by atoms with E-state index in [0.29, 0.717) is 24.2 Å². The van der Waals surface area contributed by atoms with Gasteiger partial charge >= 0.3 is 0 Å². The maximum atomic E-state index is 10.7. The molecule has 0 saturated heterocycles.